The van der Waals surface area contributed by atoms with Gasteiger partial charge < -0.3 is 10.1 Å². The minimum absolute atomic E-state index is 0.00146. The van der Waals surface area contributed by atoms with Gasteiger partial charge in [-0.15, -0.1) is 0 Å². The molecule has 0 spiro atoms. The van der Waals surface area contributed by atoms with E-state index in [4.69, 9.17) is 4.74 Å². The molecule has 104 valence electrons. The maximum Gasteiger partial charge on any atom is 0.258 e. The molecule has 0 saturated carbocycles. The number of para-hydroxylation sites is 1. The largest absolute Gasteiger partial charge is 0.484 e. The number of benzene rings is 1. The van der Waals surface area contributed by atoms with Gasteiger partial charge in [0.1, 0.15) is 5.75 Å². The second-order valence-corrected chi connectivity index (χ2v) is 5.01. The second-order valence-electron chi connectivity index (χ2n) is 5.01. The zero-order valence-electron chi connectivity index (χ0n) is 11.7. The van der Waals surface area contributed by atoms with Gasteiger partial charge in [0.2, 0.25) is 0 Å². The molecular weight excluding hydrogens is 252 g/mol. The first-order valence-corrected chi connectivity index (χ1v) is 6.47. The molecule has 1 heterocycles. The van der Waals surface area contributed by atoms with Crippen LogP contribution in [0.15, 0.2) is 54.9 Å². The molecule has 0 aliphatic carbocycles. The average Bonchev–Trinajstić information content (AvgIpc) is 2.47. The molecule has 0 radical (unpaired) electrons. The van der Waals surface area contributed by atoms with Crippen LogP contribution in [0.1, 0.15) is 19.4 Å². The normalized spacial score (nSPS) is 10.9. The highest BCUT2D eigenvalue weighted by Crippen LogP contribution is 2.18. The van der Waals surface area contributed by atoms with Gasteiger partial charge in [-0.05, 0) is 43.7 Å². The summed E-state index contributed by atoms with van der Waals surface area (Å²) in [4.78, 5) is 15.9. The number of hydrogen-bond donors (Lipinski definition) is 1. The van der Waals surface area contributed by atoms with Crippen molar-refractivity contribution in [1.29, 1.82) is 0 Å². The number of carbonyl (C=O) groups excluding carboxylic acids is 1. The van der Waals surface area contributed by atoms with Crippen molar-refractivity contribution in [3.05, 3.63) is 60.4 Å². The highest BCUT2D eigenvalue weighted by atomic mass is 16.5. The minimum Gasteiger partial charge on any atom is -0.484 e. The van der Waals surface area contributed by atoms with E-state index in [1.165, 1.54) is 0 Å². The van der Waals surface area contributed by atoms with E-state index in [1.54, 1.807) is 12.4 Å². The summed E-state index contributed by atoms with van der Waals surface area (Å²) in [5.41, 5.74) is 0.542. The van der Waals surface area contributed by atoms with Crippen molar-refractivity contribution in [1.82, 2.24) is 10.3 Å². The molecule has 2 aromatic rings. The van der Waals surface area contributed by atoms with Crippen molar-refractivity contribution in [2.24, 2.45) is 0 Å². The lowest BCUT2D eigenvalue weighted by Crippen LogP contribution is -2.43. The van der Waals surface area contributed by atoms with Gasteiger partial charge >= 0.3 is 0 Å². The summed E-state index contributed by atoms with van der Waals surface area (Å²) in [6.07, 6.45) is 3.42. The van der Waals surface area contributed by atoms with Gasteiger partial charge in [-0.1, -0.05) is 18.2 Å². The Morgan fingerprint density at radius 3 is 2.45 bits per heavy atom. The number of rotatable bonds is 5. The Balaban J connectivity index is 1.91. The van der Waals surface area contributed by atoms with Crippen molar-refractivity contribution in [2.45, 2.75) is 19.4 Å². The van der Waals surface area contributed by atoms with E-state index >= 15 is 0 Å². The number of ether oxygens (including phenoxy) is 1. The second kappa shape index (κ2) is 6.19. The zero-order chi connectivity index (χ0) is 14.4. The molecule has 0 unspecified atom stereocenters. The monoisotopic (exact) mass is 270 g/mol. The molecule has 1 amide bonds. The number of aromatic nitrogens is 1. The van der Waals surface area contributed by atoms with Gasteiger partial charge in [-0.25, -0.2) is 0 Å². The molecule has 4 nitrogen and oxygen atoms in total. The Morgan fingerprint density at radius 2 is 1.80 bits per heavy atom. The summed E-state index contributed by atoms with van der Waals surface area (Å²) in [5, 5.41) is 2.95. The summed E-state index contributed by atoms with van der Waals surface area (Å²) in [5.74, 6) is 0.528. The average molecular weight is 270 g/mol. The first-order chi connectivity index (χ1) is 9.58. The maximum atomic E-state index is 12.0. The first kappa shape index (κ1) is 14.1. The number of nitrogens with zero attached hydrogens (tertiary/aromatic N) is 1. The van der Waals surface area contributed by atoms with Gasteiger partial charge in [-0.2, -0.15) is 0 Å². The van der Waals surface area contributed by atoms with Crippen LogP contribution in [0.3, 0.4) is 0 Å². The third-order valence-electron chi connectivity index (χ3n) is 2.97. The fourth-order valence-electron chi connectivity index (χ4n) is 1.89. The van der Waals surface area contributed by atoms with Gasteiger partial charge in [0.15, 0.2) is 6.61 Å². The lowest BCUT2D eigenvalue weighted by atomic mass is 9.95. The number of carbonyl (C=O) groups is 1. The Morgan fingerprint density at radius 1 is 1.15 bits per heavy atom. The van der Waals surface area contributed by atoms with Crippen LogP contribution >= 0.6 is 0 Å². The van der Waals surface area contributed by atoms with Crippen LogP contribution < -0.4 is 10.1 Å². The zero-order valence-corrected chi connectivity index (χ0v) is 11.7. The summed E-state index contributed by atoms with van der Waals surface area (Å²) < 4.78 is 5.43. The Hall–Kier alpha value is -2.36. The topological polar surface area (TPSA) is 51.2 Å². The SMILES string of the molecule is CC(C)(NC(=O)COc1ccccc1)c1ccncc1. The molecule has 2 rings (SSSR count). The quantitative estimate of drug-likeness (QED) is 0.908. The van der Waals surface area contributed by atoms with Crippen LogP contribution in [-0.4, -0.2) is 17.5 Å². The van der Waals surface area contributed by atoms with Crippen molar-refractivity contribution < 1.29 is 9.53 Å². The van der Waals surface area contributed by atoms with E-state index in [0.29, 0.717) is 5.75 Å². The predicted octanol–water partition coefficient (Wildman–Crippen LogP) is 2.51. The molecule has 1 aromatic heterocycles. The van der Waals surface area contributed by atoms with Crippen molar-refractivity contribution >= 4 is 5.91 Å². The molecule has 0 fully saturated rings. The Bertz CT molecular complexity index is 553. The molecule has 0 aliphatic heterocycles. The van der Waals surface area contributed by atoms with Gasteiger partial charge in [0, 0.05) is 12.4 Å². The smallest absolute Gasteiger partial charge is 0.258 e. The third-order valence-corrected chi connectivity index (χ3v) is 2.97. The van der Waals surface area contributed by atoms with E-state index in [-0.39, 0.29) is 12.5 Å². The first-order valence-electron chi connectivity index (χ1n) is 6.47. The summed E-state index contributed by atoms with van der Waals surface area (Å²) in [7, 11) is 0. The van der Waals surface area contributed by atoms with Crippen LogP contribution in [0.5, 0.6) is 5.75 Å². The maximum absolute atomic E-state index is 12.0. The third kappa shape index (κ3) is 3.82. The highest BCUT2D eigenvalue weighted by molar-refractivity contribution is 5.78. The van der Waals surface area contributed by atoms with Crippen molar-refractivity contribution in [3.8, 4) is 5.75 Å². The molecule has 0 aliphatic rings. The highest BCUT2D eigenvalue weighted by Gasteiger charge is 2.22. The molecular formula is C16H18N2O2. The standard InChI is InChI=1S/C16H18N2O2/c1-16(2,13-8-10-17-11-9-13)18-15(19)12-20-14-6-4-3-5-7-14/h3-11H,12H2,1-2H3,(H,18,19). The number of amides is 1. The molecule has 20 heavy (non-hydrogen) atoms. The van der Waals surface area contributed by atoms with E-state index < -0.39 is 5.54 Å². The Kier molecular flexibility index (Phi) is 4.35. The fraction of sp³-hybridized carbons (Fsp3) is 0.250. The van der Waals surface area contributed by atoms with Gasteiger partial charge in [0.05, 0.1) is 5.54 Å². The van der Waals surface area contributed by atoms with Crippen LogP contribution in [0.2, 0.25) is 0 Å². The molecule has 4 heteroatoms. The van der Waals surface area contributed by atoms with E-state index in [1.807, 2.05) is 56.3 Å². The Labute approximate surface area is 118 Å². The van der Waals surface area contributed by atoms with Crippen molar-refractivity contribution in [2.75, 3.05) is 6.61 Å². The molecule has 0 saturated heterocycles. The van der Waals surface area contributed by atoms with Crippen LogP contribution in [-0.2, 0) is 10.3 Å². The van der Waals surface area contributed by atoms with Gasteiger partial charge in [-0.3, -0.25) is 9.78 Å². The number of hydrogen-bond acceptors (Lipinski definition) is 3. The fourth-order valence-corrected chi connectivity index (χ4v) is 1.89. The summed E-state index contributed by atoms with van der Waals surface area (Å²) >= 11 is 0. The summed E-state index contributed by atoms with van der Waals surface area (Å²) in [6, 6.07) is 13.1. The van der Waals surface area contributed by atoms with E-state index in [0.717, 1.165) is 5.56 Å². The minimum atomic E-state index is -0.458. The lowest BCUT2D eigenvalue weighted by molar-refractivity contribution is -0.124. The molecule has 0 bridgehead atoms. The van der Waals surface area contributed by atoms with E-state index in [9.17, 15) is 4.79 Å². The number of nitrogens with one attached hydrogen (secondary N) is 1. The molecule has 1 aromatic carbocycles. The van der Waals surface area contributed by atoms with Crippen LogP contribution in [0.4, 0.5) is 0 Å². The lowest BCUT2D eigenvalue weighted by Gasteiger charge is -2.26. The number of pyridine rings is 1. The van der Waals surface area contributed by atoms with E-state index in [2.05, 4.69) is 10.3 Å². The molecule has 0 atom stereocenters. The molecule has 1 N–H and O–H groups in total. The van der Waals surface area contributed by atoms with Crippen LogP contribution in [0.25, 0.3) is 0 Å². The van der Waals surface area contributed by atoms with Crippen molar-refractivity contribution in [3.63, 3.8) is 0 Å². The summed E-state index contributed by atoms with van der Waals surface area (Å²) in [6.45, 7) is 3.89. The van der Waals surface area contributed by atoms with Crippen LogP contribution in [0, 0.1) is 0 Å². The predicted molar refractivity (Wildman–Crippen MR) is 77.3 cm³/mol. The van der Waals surface area contributed by atoms with Gasteiger partial charge in [0.25, 0.3) is 5.91 Å².